The van der Waals surface area contributed by atoms with E-state index in [2.05, 4.69) is 24.1 Å². The second-order valence-electron chi connectivity index (χ2n) is 5.89. The van der Waals surface area contributed by atoms with E-state index in [1.54, 1.807) is 19.2 Å². The maximum atomic E-state index is 12.9. The Hall–Kier alpha value is -2.11. The molecule has 5 heteroatoms. The Morgan fingerprint density at radius 3 is 2.74 bits per heavy atom. The normalized spacial score (nSPS) is 19.0. The van der Waals surface area contributed by atoms with Crippen LogP contribution in [0.5, 0.6) is 0 Å². The van der Waals surface area contributed by atoms with Crippen LogP contribution in [-0.2, 0) is 11.3 Å². The molecule has 1 aromatic heterocycles. The molecule has 0 spiro atoms. The van der Waals surface area contributed by atoms with Gasteiger partial charge in [-0.2, -0.15) is 0 Å². The summed E-state index contributed by atoms with van der Waals surface area (Å²) < 4.78 is 10.7. The van der Waals surface area contributed by atoms with Crippen molar-refractivity contribution in [2.75, 3.05) is 33.8 Å². The van der Waals surface area contributed by atoms with E-state index in [9.17, 15) is 4.79 Å². The molecule has 1 atom stereocenters. The summed E-state index contributed by atoms with van der Waals surface area (Å²) in [4.78, 5) is 17.0. The lowest BCUT2D eigenvalue weighted by Gasteiger charge is -2.40. The van der Waals surface area contributed by atoms with Gasteiger partial charge < -0.3 is 19.0 Å². The van der Waals surface area contributed by atoms with Gasteiger partial charge in [-0.1, -0.05) is 30.3 Å². The average molecular weight is 314 g/mol. The smallest absolute Gasteiger partial charge is 0.290 e. The lowest BCUT2D eigenvalue weighted by atomic mass is 10.0. The highest BCUT2D eigenvalue weighted by Gasteiger charge is 2.32. The molecule has 1 aliphatic heterocycles. The summed E-state index contributed by atoms with van der Waals surface area (Å²) >= 11 is 0. The number of rotatable bonds is 4. The number of carbonyl (C=O) groups is 1. The quantitative estimate of drug-likeness (QED) is 0.870. The van der Waals surface area contributed by atoms with Crippen molar-refractivity contribution in [2.24, 2.45) is 0 Å². The van der Waals surface area contributed by atoms with Gasteiger partial charge in [0.05, 0.1) is 6.04 Å². The molecule has 1 aliphatic rings. The maximum absolute atomic E-state index is 12.9. The SMILES string of the molecule is COCc1ccc(C(=O)N2CCN(C)CC2c2ccccc2)o1. The number of methoxy groups -OCH3 is 1. The van der Waals surface area contributed by atoms with Gasteiger partial charge in [0, 0.05) is 26.7 Å². The molecule has 3 rings (SSSR count). The van der Waals surface area contributed by atoms with Gasteiger partial charge in [0.1, 0.15) is 12.4 Å². The molecule has 0 N–H and O–H groups in total. The first-order valence-electron chi connectivity index (χ1n) is 7.81. The molecule has 0 saturated carbocycles. The highest BCUT2D eigenvalue weighted by molar-refractivity contribution is 5.92. The van der Waals surface area contributed by atoms with Gasteiger partial charge in [-0.3, -0.25) is 4.79 Å². The largest absolute Gasteiger partial charge is 0.453 e. The summed E-state index contributed by atoms with van der Waals surface area (Å²) in [6, 6.07) is 13.7. The van der Waals surface area contributed by atoms with Crippen LogP contribution in [-0.4, -0.2) is 49.5 Å². The van der Waals surface area contributed by atoms with Crippen LogP contribution in [0.25, 0.3) is 0 Å². The first-order chi connectivity index (χ1) is 11.2. The fourth-order valence-corrected chi connectivity index (χ4v) is 2.98. The van der Waals surface area contributed by atoms with Crippen molar-refractivity contribution in [3.05, 3.63) is 59.5 Å². The summed E-state index contributed by atoms with van der Waals surface area (Å²) in [6.45, 7) is 2.75. The van der Waals surface area contributed by atoms with E-state index in [0.717, 1.165) is 18.7 Å². The third kappa shape index (κ3) is 3.46. The van der Waals surface area contributed by atoms with E-state index in [1.165, 1.54) is 0 Å². The Labute approximate surface area is 136 Å². The van der Waals surface area contributed by atoms with Crippen molar-refractivity contribution in [3.8, 4) is 0 Å². The molecule has 1 saturated heterocycles. The Morgan fingerprint density at radius 1 is 1.22 bits per heavy atom. The lowest BCUT2D eigenvalue weighted by molar-refractivity contribution is 0.0462. The minimum Gasteiger partial charge on any atom is -0.453 e. The lowest BCUT2D eigenvalue weighted by Crippen LogP contribution is -2.49. The van der Waals surface area contributed by atoms with E-state index in [4.69, 9.17) is 9.15 Å². The topological polar surface area (TPSA) is 45.9 Å². The zero-order valence-corrected chi connectivity index (χ0v) is 13.6. The van der Waals surface area contributed by atoms with Crippen molar-refractivity contribution < 1.29 is 13.9 Å². The van der Waals surface area contributed by atoms with Crippen molar-refractivity contribution in [1.29, 1.82) is 0 Å². The number of carbonyl (C=O) groups excluding carboxylic acids is 1. The minimum atomic E-state index is -0.0608. The number of hydrogen-bond acceptors (Lipinski definition) is 4. The fourth-order valence-electron chi connectivity index (χ4n) is 2.98. The predicted octanol–water partition coefficient (Wildman–Crippen LogP) is 2.55. The van der Waals surface area contributed by atoms with E-state index in [0.29, 0.717) is 24.7 Å². The maximum Gasteiger partial charge on any atom is 0.290 e. The average Bonchev–Trinajstić information content (AvgIpc) is 3.04. The molecule has 0 radical (unpaired) electrons. The Kier molecular flexibility index (Phi) is 4.79. The van der Waals surface area contributed by atoms with Crippen molar-refractivity contribution in [2.45, 2.75) is 12.6 Å². The van der Waals surface area contributed by atoms with Crippen LogP contribution >= 0.6 is 0 Å². The van der Waals surface area contributed by atoms with Gasteiger partial charge in [0.25, 0.3) is 5.91 Å². The fraction of sp³-hybridized carbons (Fsp3) is 0.389. The van der Waals surface area contributed by atoms with Gasteiger partial charge >= 0.3 is 0 Å². The highest BCUT2D eigenvalue weighted by atomic mass is 16.5. The first kappa shape index (κ1) is 15.8. The van der Waals surface area contributed by atoms with Crippen LogP contribution in [0.4, 0.5) is 0 Å². The highest BCUT2D eigenvalue weighted by Crippen LogP contribution is 2.27. The second-order valence-corrected chi connectivity index (χ2v) is 5.89. The third-order valence-corrected chi connectivity index (χ3v) is 4.19. The number of ether oxygens (including phenoxy) is 1. The van der Waals surface area contributed by atoms with Gasteiger partial charge in [0.15, 0.2) is 5.76 Å². The molecule has 23 heavy (non-hydrogen) atoms. The number of hydrogen-bond donors (Lipinski definition) is 0. The molecule has 2 aromatic rings. The Balaban J connectivity index is 1.84. The number of likely N-dealkylation sites (N-methyl/N-ethyl adjacent to an activating group) is 1. The number of amides is 1. The molecule has 1 amide bonds. The van der Waals surface area contributed by atoms with Crippen LogP contribution in [0.15, 0.2) is 46.9 Å². The van der Waals surface area contributed by atoms with E-state index in [1.807, 2.05) is 23.1 Å². The Morgan fingerprint density at radius 2 is 2.00 bits per heavy atom. The third-order valence-electron chi connectivity index (χ3n) is 4.19. The number of piperazine rings is 1. The van der Waals surface area contributed by atoms with Crippen molar-refractivity contribution >= 4 is 5.91 Å². The molecular weight excluding hydrogens is 292 g/mol. The predicted molar refractivity (Wildman–Crippen MR) is 87.1 cm³/mol. The molecule has 1 fully saturated rings. The molecule has 122 valence electrons. The van der Waals surface area contributed by atoms with E-state index in [-0.39, 0.29) is 11.9 Å². The second kappa shape index (κ2) is 6.98. The van der Waals surface area contributed by atoms with Gasteiger partial charge in [-0.15, -0.1) is 0 Å². The molecule has 5 nitrogen and oxygen atoms in total. The van der Waals surface area contributed by atoms with Crippen LogP contribution in [0.3, 0.4) is 0 Å². The van der Waals surface area contributed by atoms with Gasteiger partial charge in [0.2, 0.25) is 0 Å². The molecule has 1 unspecified atom stereocenters. The van der Waals surface area contributed by atoms with E-state index < -0.39 is 0 Å². The van der Waals surface area contributed by atoms with Gasteiger partial charge in [-0.25, -0.2) is 0 Å². The molecule has 2 heterocycles. The van der Waals surface area contributed by atoms with Crippen LogP contribution in [0, 0.1) is 0 Å². The standard InChI is InChI=1S/C18H22N2O3/c1-19-10-11-20(16(12-19)14-6-4-3-5-7-14)18(21)17-9-8-15(23-17)13-22-2/h3-9,16H,10-13H2,1-2H3. The molecule has 0 bridgehead atoms. The number of furan rings is 1. The zero-order valence-electron chi connectivity index (χ0n) is 13.6. The summed E-state index contributed by atoms with van der Waals surface area (Å²) in [6.07, 6.45) is 0. The Bertz CT molecular complexity index is 653. The monoisotopic (exact) mass is 314 g/mol. The summed E-state index contributed by atoms with van der Waals surface area (Å²) in [5.74, 6) is 0.984. The summed E-state index contributed by atoms with van der Waals surface area (Å²) in [5, 5.41) is 0. The molecule has 1 aromatic carbocycles. The minimum absolute atomic E-state index is 0.0402. The first-order valence-corrected chi connectivity index (χ1v) is 7.81. The number of benzene rings is 1. The summed E-state index contributed by atoms with van der Waals surface area (Å²) in [5.41, 5.74) is 1.15. The van der Waals surface area contributed by atoms with Crippen LogP contribution in [0.1, 0.15) is 27.9 Å². The van der Waals surface area contributed by atoms with Gasteiger partial charge in [-0.05, 0) is 24.7 Å². The van der Waals surface area contributed by atoms with E-state index >= 15 is 0 Å². The van der Waals surface area contributed by atoms with Crippen molar-refractivity contribution in [1.82, 2.24) is 9.80 Å². The zero-order chi connectivity index (χ0) is 16.2. The van der Waals surface area contributed by atoms with Crippen LogP contribution < -0.4 is 0 Å². The molecular formula is C18H22N2O3. The van der Waals surface area contributed by atoms with Crippen molar-refractivity contribution in [3.63, 3.8) is 0 Å². The summed E-state index contributed by atoms with van der Waals surface area (Å²) in [7, 11) is 3.69. The van der Waals surface area contributed by atoms with Crippen LogP contribution in [0.2, 0.25) is 0 Å². The number of nitrogens with zero attached hydrogens (tertiary/aromatic N) is 2. The molecule has 0 aliphatic carbocycles.